The number of para-hydroxylation sites is 1. The van der Waals surface area contributed by atoms with E-state index in [9.17, 15) is 10.1 Å². The van der Waals surface area contributed by atoms with Crippen LogP contribution in [0.15, 0.2) is 85.3 Å². The van der Waals surface area contributed by atoms with E-state index < -0.39 is 0 Å². The number of benzene rings is 2. The van der Waals surface area contributed by atoms with Crippen LogP contribution < -0.4 is 5.32 Å². The van der Waals surface area contributed by atoms with E-state index in [1.165, 1.54) is 10.9 Å². The maximum atomic E-state index is 13.0. The van der Waals surface area contributed by atoms with Gasteiger partial charge in [-0.25, -0.2) is 4.98 Å². The van der Waals surface area contributed by atoms with Crippen molar-refractivity contribution in [2.45, 2.75) is 6.92 Å². The van der Waals surface area contributed by atoms with Gasteiger partial charge in [0.05, 0.1) is 11.7 Å². The lowest BCUT2D eigenvalue weighted by molar-refractivity contribution is 0.102. The van der Waals surface area contributed by atoms with Crippen molar-refractivity contribution in [2.75, 3.05) is 5.32 Å². The summed E-state index contributed by atoms with van der Waals surface area (Å²) in [5.74, 6) is 0.481. The number of aromatic nitrogens is 4. The molecule has 1 N–H and O–H groups in total. The summed E-state index contributed by atoms with van der Waals surface area (Å²) in [5.41, 5.74) is 3.52. The molecule has 3 heterocycles. The average Bonchev–Trinajstić information content (AvgIpc) is 3.49. The van der Waals surface area contributed by atoms with Crippen LogP contribution in [-0.4, -0.2) is 25.2 Å². The molecule has 0 aliphatic rings. The van der Waals surface area contributed by atoms with Gasteiger partial charge in [-0.15, -0.1) is 0 Å². The van der Waals surface area contributed by atoms with Crippen LogP contribution in [-0.2, 0) is 0 Å². The Balaban J connectivity index is 1.49. The first-order valence-electron chi connectivity index (χ1n) is 10.0. The van der Waals surface area contributed by atoms with Gasteiger partial charge in [0.15, 0.2) is 11.6 Å². The molecule has 0 aliphatic heterocycles. The summed E-state index contributed by atoms with van der Waals surface area (Å²) in [5, 5.41) is 17.7. The van der Waals surface area contributed by atoms with Gasteiger partial charge in [-0.05, 0) is 61.0 Å². The third kappa shape index (κ3) is 3.40. The topological polar surface area (TPSA) is 88.5 Å². The third-order valence-corrected chi connectivity index (χ3v) is 5.28. The number of rotatable bonds is 4. The Morgan fingerprint density at radius 2 is 1.78 bits per heavy atom. The van der Waals surface area contributed by atoms with E-state index in [1.807, 2.05) is 78.5 Å². The molecular formula is C25H18N6O. The highest BCUT2D eigenvalue weighted by molar-refractivity contribution is 6.04. The highest BCUT2D eigenvalue weighted by atomic mass is 16.1. The fraction of sp³-hybridized carbons (Fsp3) is 0.0400. The van der Waals surface area contributed by atoms with Gasteiger partial charge >= 0.3 is 0 Å². The van der Waals surface area contributed by atoms with E-state index in [0.29, 0.717) is 11.4 Å². The van der Waals surface area contributed by atoms with Gasteiger partial charge in [0, 0.05) is 29.0 Å². The van der Waals surface area contributed by atoms with Gasteiger partial charge in [-0.3, -0.25) is 4.79 Å². The van der Waals surface area contributed by atoms with Gasteiger partial charge in [0.1, 0.15) is 11.6 Å². The van der Waals surface area contributed by atoms with E-state index >= 15 is 0 Å². The lowest BCUT2D eigenvalue weighted by atomic mass is 10.1. The van der Waals surface area contributed by atoms with Crippen LogP contribution in [0.3, 0.4) is 0 Å². The number of amides is 1. The van der Waals surface area contributed by atoms with E-state index in [0.717, 1.165) is 22.2 Å². The molecular weight excluding hydrogens is 400 g/mol. The number of nitrogens with zero attached hydrogens (tertiary/aromatic N) is 5. The molecule has 0 aliphatic carbocycles. The van der Waals surface area contributed by atoms with Crippen molar-refractivity contribution in [3.63, 3.8) is 0 Å². The zero-order chi connectivity index (χ0) is 22.1. The number of carbonyl (C=O) groups is 1. The van der Waals surface area contributed by atoms with E-state index in [-0.39, 0.29) is 17.3 Å². The molecule has 2 aromatic carbocycles. The molecule has 0 atom stereocenters. The second kappa shape index (κ2) is 7.85. The van der Waals surface area contributed by atoms with Crippen LogP contribution in [0.4, 0.5) is 5.82 Å². The monoisotopic (exact) mass is 418 g/mol. The summed E-state index contributed by atoms with van der Waals surface area (Å²) >= 11 is 0. The maximum Gasteiger partial charge on any atom is 0.256 e. The van der Waals surface area contributed by atoms with Crippen molar-refractivity contribution in [2.24, 2.45) is 0 Å². The van der Waals surface area contributed by atoms with Crippen LogP contribution in [0.5, 0.6) is 0 Å². The van der Waals surface area contributed by atoms with Gasteiger partial charge in [0.25, 0.3) is 5.91 Å². The fourth-order valence-electron chi connectivity index (χ4n) is 3.64. The number of anilines is 1. The molecule has 0 fully saturated rings. The van der Waals surface area contributed by atoms with Crippen LogP contribution in [0.2, 0.25) is 0 Å². The van der Waals surface area contributed by atoms with Crippen molar-refractivity contribution < 1.29 is 4.79 Å². The van der Waals surface area contributed by atoms with Crippen LogP contribution in [0.25, 0.3) is 22.4 Å². The molecule has 0 radical (unpaired) electrons. The van der Waals surface area contributed by atoms with Crippen molar-refractivity contribution in [1.29, 1.82) is 5.26 Å². The molecule has 5 aromatic rings. The predicted octanol–water partition coefficient (Wildman–Crippen LogP) is 4.64. The van der Waals surface area contributed by atoms with Crippen molar-refractivity contribution in [3.05, 3.63) is 102 Å². The summed E-state index contributed by atoms with van der Waals surface area (Å²) in [7, 11) is 0. The van der Waals surface area contributed by atoms with Crippen LogP contribution >= 0.6 is 0 Å². The molecule has 1 amide bonds. The summed E-state index contributed by atoms with van der Waals surface area (Å²) in [6, 6.07) is 22.9. The first-order valence-corrected chi connectivity index (χ1v) is 10.0. The van der Waals surface area contributed by atoms with Gasteiger partial charge < -0.3 is 9.88 Å². The van der Waals surface area contributed by atoms with Crippen molar-refractivity contribution in [1.82, 2.24) is 19.3 Å². The Morgan fingerprint density at radius 3 is 2.53 bits per heavy atom. The normalized spacial score (nSPS) is 10.8. The standard InChI is InChI=1S/C25H18N6O/c1-17-14-23(28-22-7-3-2-6-21(17)22)31-24(19(15-26)16-27-31)29-25(32)18-8-10-20(11-9-18)30-12-4-5-13-30/h2-14,16H,1H3,(H,29,32). The Labute approximate surface area is 184 Å². The van der Waals surface area contributed by atoms with Gasteiger partial charge in [-0.1, -0.05) is 18.2 Å². The molecule has 0 unspecified atom stereocenters. The minimum atomic E-state index is -0.334. The lowest BCUT2D eigenvalue weighted by Gasteiger charge is -2.11. The SMILES string of the molecule is Cc1cc(-n2ncc(C#N)c2NC(=O)c2ccc(-n3cccc3)cc2)nc2ccccc12. The number of hydrogen-bond acceptors (Lipinski definition) is 4. The highest BCUT2D eigenvalue weighted by Gasteiger charge is 2.18. The van der Waals surface area contributed by atoms with Gasteiger partial charge in [0.2, 0.25) is 0 Å². The van der Waals surface area contributed by atoms with Gasteiger partial charge in [-0.2, -0.15) is 15.0 Å². The smallest absolute Gasteiger partial charge is 0.256 e. The number of pyridine rings is 1. The number of fused-ring (bicyclic) bond motifs is 1. The molecule has 0 saturated heterocycles. The number of hydrogen-bond donors (Lipinski definition) is 1. The number of carbonyl (C=O) groups excluding carboxylic acids is 1. The largest absolute Gasteiger partial charge is 0.324 e. The van der Waals surface area contributed by atoms with Crippen LogP contribution in [0, 0.1) is 18.3 Å². The minimum Gasteiger partial charge on any atom is -0.324 e. The second-order valence-electron chi connectivity index (χ2n) is 7.34. The third-order valence-electron chi connectivity index (χ3n) is 5.28. The summed E-state index contributed by atoms with van der Waals surface area (Å²) in [6.45, 7) is 1.99. The molecule has 7 heteroatoms. The fourth-order valence-corrected chi connectivity index (χ4v) is 3.64. The van der Waals surface area contributed by atoms with Crippen LogP contribution in [0.1, 0.15) is 21.5 Å². The summed E-state index contributed by atoms with van der Waals surface area (Å²) in [6.07, 6.45) is 5.30. The molecule has 0 bridgehead atoms. The van der Waals surface area contributed by atoms with Crippen molar-refractivity contribution in [3.8, 4) is 17.6 Å². The number of nitriles is 1. The zero-order valence-electron chi connectivity index (χ0n) is 17.2. The highest BCUT2D eigenvalue weighted by Crippen LogP contribution is 2.24. The number of aryl methyl sites for hydroxylation is 1. The molecule has 5 rings (SSSR count). The molecule has 3 aromatic heterocycles. The van der Waals surface area contributed by atoms with E-state index in [4.69, 9.17) is 0 Å². The Hall–Kier alpha value is -4.70. The Morgan fingerprint density at radius 1 is 1.03 bits per heavy atom. The second-order valence-corrected chi connectivity index (χ2v) is 7.34. The van der Waals surface area contributed by atoms with Crippen molar-refractivity contribution >= 4 is 22.6 Å². The quantitative estimate of drug-likeness (QED) is 0.460. The summed E-state index contributed by atoms with van der Waals surface area (Å²) in [4.78, 5) is 17.6. The first kappa shape index (κ1) is 19.3. The summed E-state index contributed by atoms with van der Waals surface area (Å²) < 4.78 is 3.45. The Bertz CT molecular complexity index is 1470. The van der Waals surface area contributed by atoms with E-state index in [2.05, 4.69) is 21.5 Å². The van der Waals surface area contributed by atoms with E-state index in [1.54, 1.807) is 12.1 Å². The maximum absolute atomic E-state index is 13.0. The molecule has 32 heavy (non-hydrogen) atoms. The molecule has 154 valence electrons. The predicted molar refractivity (Wildman–Crippen MR) is 122 cm³/mol. The minimum absolute atomic E-state index is 0.259. The first-order chi connectivity index (χ1) is 15.6. The zero-order valence-corrected chi connectivity index (χ0v) is 17.2. The average molecular weight is 418 g/mol. The molecule has 0 saturated carbocycles. The Kier molecular flexibility index (Phi) is 4.73. The molecule has 0 spiro atoms. The molecule has 7 nitrogen and oxygen atoms in total. The lowest BCUT2D eigenvalue weighted by Crippen LogP contribution is -2.16. The number of nitrogens with one attached hydrogen (secondary N) is 1.